The number of aromatic nitrogens is 3. The van der Waals surface area contributed by atoms with Crippen molar-refractivity contribution in [1.29, 1.82) is 0 Å². The predicted octanol–water partition coefficient (Wildman–Crippen LogP) is 6.93. The van der Waals surface area contributed by atoms with Crippen LogP contribution in [-0.4, -0.2) is 20.9 Å². The topological polar surface area (TPSA) is 99.8 Å². The quantitative estimate of drug-likeness (QED) is 0.223. The average molecular weight is 544 g/mol. The van der Waals surface area contributed by atoms with Crippen LogP contribution in [0.3, 0.4) is 0 Å². The molecule has 1 amide bonds. The van der Waals surface area contributed by atoms with Gasteiger partial charge in [-0.3, -0.25) is 14.6 Å². The normalized spacial score (nSPS) is 11.4. The molecule has 0 fully saturated rings. The Bertz CT molecular complexity index is 1830. The lowest BCUT2D eigenvalue weighted by Crippen LogP contribution is -2.14. The summed E-state index contributed by atoms with van der Waals surface area (Å²) in [7, 11) is 0. The van der Waals surface area contributed by atoms with Crippen LogP contribution in [0.2, 0.25) is 0 Å². The molecule has 0 aliphatic carbocycles. The molecule has 2 aromatic carbocycles. The molecular weight excluding hydrogens is 519 g/mol. The first-order valence-corrected chi connectivity index (χ1v) is 12.3. The maximum atomic E-state index is 13.1. The third kappa shape index (κ3) is 5.56. The van der Waals surface area contributed by atoms with Gasteiger partial charge in [-0.25, -0.2) is 4.98 Å². The zero-order chi connectivity index (χ0) is 28.6. The van der Waals surface area contributed by atoms with E-state index in [-0.39, 0.29) is 11.1 Å². The smallest absolute Gasteiger partial charge is 0.339 e. The van der Waals surface area contributed by atoms with E-state index in [1.165, 1.54) is 12.1 Å². The van der Waals surface area contributed by atoms with Crippen molar-refractivity contribution in [2.75, 3.05) is 10.6 Å². The Balaban J connectivity index is 1.43. The Hall–Kier alpha value is -4.99. The van der Waals surface area contributed by atoms with Gasteiger partial charge >= 0.3 is 6.18 Å². The van der Waals surface area contributed by atoms with Gasteiger partial charge in [-0.2, -0.15) is 13.2 Å². The number of rotatable bonds is 5. The lowest BCUT2D eigenvalue weighted by Gasteiger charge is -2.13. The molecule has 0 radical (unpaired) electrons. The van der Waals surface area contributed by atoms with Gasteiger partial charge in [0.25, 0.3) is 11.5 Å². The van der Waals surface area contributed by atoms with E-state index in [1.54, 1.807) is 42.7 Å². The van der Waals surface area contributed by atoms with Gasteiger partial charge in [0.1, 0.15) is 5.82 Å². The summed E-state index contributed by atoms with van der Waals surface area (Å²) < 4.78 is 39.2. The van der Waals surface area contributed by atoms with Gasteiger partial charge in [0.15, 0.2) is 0 Å². The highest BCUT2D eigenvalue weighted by atomic mass is 19.4. The maximum absolute atomic E-state index is 13.1. The third-order valence-corrected chi connectivity index (χ3v) is 6.48. The van der Waals surface area contributed by atoms with Crippen LogP contribution in [0.15, 0.2) is 77.9 Å². The molecule has 5 aromatic rings. The Morgan fingerprint density at radius 2 is 1.68 bits per heavy atom. The first kappa shape index (κ1) is 26.6. The third-order valence-electron chi connectivity index (χ3n) is 6.48. The number of nitrogens with zero attached hydrogens (tertiary/aromatic N) is 2. The van der Waals surface area contributed by atoms with Crippen LogP contribution < -0.4 is 16.2 Å². The molecule has 5 rings (SSSR count). The molecule has 0 bridgehead atoms. The van der Waals surface area contributed by atoms with Crippen molar-refractivity contribution >= 4 is 34.0 Å². The minimum absolute atomic E-state index is 0.132. The highest BCUT2D eigenvalue weighted by Crippen LogP contribution is 2.31. The summed E-state index contributed by atoms with van der Waals surface area (Å²) in [5.41, 5.74) is 3.94. The molecule has 0 atom stereocenters. The van der Waals surface area contributed by atoms with Gasteiger partial charge in [0.2, 0.25) is 0 Å². The van der Waals surface area contributed by atoms with E-state index in [0.29, 0.717) is 33.5 Å². The molecule has 40 heavy (non-hydrogen) atoms. The van der Waals surface area contributed by atoms with Crippen molar-refractivity contribution in [3.63, 3.8) is 0 Å². The monoisotopic (exact) mass is 543 g/mol. The number of fused-ring (bicyclic) bond motifs is 1. The van der Waals surface area contributed by atoms with E-state index in [1.807, 2.05) is 26.8 Å². The Morgan fingerprint density at radius 3 is 2.42 bits per heavy atom. The van der Waals surface area contributed by atoms with E-state index in [9.17, 15) is 22.8 Å². The fraction of sp³-hybridized carbons (Fsp3) is 0.133. The summed E-state index contributed by atoms with van der Waals surface area (Å²) in [5.74, 6) is -0.156. The number of hydrogen-bond acceptors (Lipinski definition) is 5. The van der Waals surface area contributed by atoms with E-state index in [2.05, 4.69) is 25.6 Å². The van der Waals surface area contributed by atoms with E-state index < -0.39 is 17.6 Å². The minimum atomic E-state index is -4.56. The molecule has 7 nitrogen and oxygen atoms in total. The van der Waals surface area contributed by atoms with Crippen LogP contribution >= 0.6 is 0 Å². The summed E-state index contributed by atoms with van der Waals surface area (Å²) in [6, 6.07) is 14.6. The van der Waals surface area contributed by atoms with Gasteiger partial charge in [-0.05, 0) is 79.9 Å². The summed E-state index contributed by atoms with van der Waals surface area (Å²) in [5, 5.41) is 6.54. The SMILES string of the molecule is Cc1cc(C)c(Nc2cc3[nH]c(=O)c(-c4cc(NC(=O)c5cccc(C(F)(F)F)c5)ccc4C)cc3cn2)cn1. The van der Waals surface area contributed by atoms with Crippen molar-refractivity contribution < 1.29 is 18.0 Å². The molecule has 3 heterocycles. The van der Waals surface area contributed by atoms with Gasteiger partial charge in [0, 0.05) is 40.2 Å². The van der Waals surface area contributed by atoms with E-state index in [4.69, 9.17) is 0 Å². The molecule has 3 N–H and O–H groups in total. The Morgan fingerprint density at radius 1 is 0.875 bits per heavy atom. The standard InChI is InChI=1S/C30H24F3N5O2/c1-16-7-8-22(36-28(39)19-5-4-6-21(10-19)30(31,32)33)12-23(16)24-11-20-14-35-27(13-25(20)38-29(24)40)37-26-15-34-18(3)9-17(26)2/h4-15H,1-3H3,(H,35,37)(H,36,39)(H,38,40). The molecule has 3 aromatic heterocycles. The van der Waals surface area contributed by atoms with E-state index >= 15 is 0 Å². The van der Waals surface area contributed by atoms with Gasteiger partial charge in [0.05, 0.1) is 23.0 Å². The first-order valence-electron chi connectivity index (χ1n) is 12.3. The number of pyridine rings is 3. The number of amides is 1. The number of aryl methyl sites for hydroxylation is 3. The molecule has 0 saturated carbocycles. The lowest BCUT2D eigenvalue weighted by atomic mass is 10.00. The number of anilines is 3. The molecule has 0 aliphatic heterocycles. The second-order valence-corrected chi connectivity index (χ2v) is 9.50. The summed E-state index contributed by atoms with van der Waals surface area (Å²) in [4.78, 5) is 37.5. The van der Waals surface area contributed by atoms with Crippen LogP contribution in [0.4, 0.5) is 30.4 Å². The number of alkyl halides is 3. The number of halogens is 3. The summed E-state index contributed by atoms with van der Waals surface area (Å²) in [6.45, 7) is 5.69. The predicted molar refractivity (Wildman–Crippen MR) is 149 cm³/mol. The van der Waals surface area contributed by atoms with Crippen LogP contribution in [0.25, 0.3) is 22.0 Å². The number of carbonyl (C=O) groups is 1. The van der Waals surface area contributed by atoms with Crippen molar-refractivity contribution in [2.24, 2.45) is 0 Å². The fourth-order valence-electron chi connectivity index (χ4n) is 4.36. The van der Waals surface area contributed by atoms with Gasteiger partial charge in [-0.1, -0.05) is 12.1 Å². The molecule has 0 aliphatic rings. The molecular formula is C30H24F3N5O2. The van der Waals surface area contributed by atoms with E-state index in [0.717, 1.165) is 34.6 Å². The second-order valence-electron chi connectivity index (χ2n) is 9.50. The number of H-pyrrole nitrogens is 1. The number of nitrogens with one attached hydrogen (secondary N) is 3. The second kappa shape index (κ2) is 10.3. The molecule has 0 spiro atoms. The van der Waals surface area contributed by atoms with Crippen LogP contribution in [-0.2, 0) is 6.18 Å². The van der Waals surface area contributed by atoms with Crippen molar-refractivity contribution in [1.82, 2.24) is 15.0 Å². The number of aromatic amines is 1. The van der Waals surface area contributed by atoms with Crippen molar-refractivity contribution in [3.8, 4) is 11.1 Å². The summed E-state index contributed by atoms with van der Waals surface area (Å²) >= 11 is 0. The van der Waals surface area contributed by atoms with Crippen molar-refractivity contribution in [2.45, 2.75) is 26.9 Å². The number of hydrogen-bond donors (Lipinski definition) is 3. The molecule has 0 saturated heterocycles. The zero-order valence-electron chi connectivity index (χ0n) is 21.8. The number of benzene rings is 2. The van der Waals surface area contributed by atoms with Gasteiger partial charge in [-0.15, -0.1) is 0 Å². The highest BCUT2D eigenvalue weighted by molar-refractivity contribution is 6.04. The maximum Gasteiger partial charge on any atom is 0.416 e. The Kier molecular flexibility index (Phi) is 6.85. The Labute approximate surface area is 227 Å². The zero-order valence-corrected chi connectivity index (χ0v) is 21.8. The molecule has 10 heteroatoms. The lowest BCUT2D eigenvalue weighted by molar-refractivity contribution is -0.137. The minimum Gasteiger partial charge on any atom is -0.339 e. The number of carbonyl (C=O) groups excluding carboxylic acids is 1. The highest BCUT2D eigenvalue weighted by Gasteiger charge is 2.31. The van der Waals surface area contributed by atoms with Crippen LogP contribution in [0, 0.1) is 20.8 Å². The molecule has 0 unspecified atom stereocenters. The van der Waals surface area contributed by atoms with Crippen molar-refractivity contribution in [3.05, 3.63) is 111 Å². The summed E-state index contributed by atoms with van der Waals surface area (Å²) in [6.07, 6.45) is -1.19. The van der Waals surface area contributed by atoms with Crippen LogP contribution in [0.5, 0.6) is 0 Å². The average Bonchev–Trinajstić information content (AvgIpc) is 2.90. The van der Waals surface area contributed by atoms with Crippen LogP contribution in [0.1, 0.15) is 32.7 Å². The van der Waals surface area contributed by atoms with Gasteiger partial charge < -0.3 is 15.6 Å². The fourth-order valence-corrected chi connectivity index (χ4v) is 4.36. The first-order chi connectivity index (χ1) is 19.0. The largest absolute Gasteiger partial charge is 0.416 e. The molecule has 202 valence electrons.